The van der Waals surface area contributed by atoms with Gasteiger partial charge in [-0.25, -0.2) is 0 Å². The average molecular weight is 236 g/mol. The molecule has 1 aromatic rings. The van der Waals surface area contributed by atoms with Crippen molar-refractivity contribution in [2.75, 3.05) is 6.61 Å². The van der Waals surface area contributed by atoms with Crippen LogP contribution in [-0.4, -0.2) is 35.1 Å². The molecule has 1 heterocycles. The fraction of sp³-hybridized carbons (Fsp3) is 0.385. The monoisotopic (exact) mass is 236 g/mol. The highest BCUT2D eigenvalue weighted by Crippen LogP contribution is 2.27. The second-order valence-electron chi connectivity index (χ2n) is 3.97. The third-order valence-corrected chi connectivity index (χ3v) is 2.73. The van der Waals surface area contributed by atoms with Crippen molar-refractivity contribution in [2.45, 2.75) is 24.6 Å². The molecule has 0 aliphatic carbocycles. The molecule has 4 nitrogen and oxygen atoms in total. The quantitative estimate of drug-likeness (QED) is 0.769. The summed E-state index contributed by atoms with van der Waals surface area (Å²) in [4.78, 5) is 0. The molecule has 1 saturated heterocycles. The largest absolute Gasteiger partial charge is 0.388 e. The van der Waals surface area contributed by atoms with Crippen molar-refractivity contribution in [3.63, 3.8) is 0 Å². The SMILES string of the molecule is C=C[C@@H](O)[C@H]1O[C@@H](c2ccccc2)OC[C@H]1O. The second-order valence-corrected chi connectivity index (χ2v) is 3.97. The van der Waals surface area contributed by atoms with Crippen LogP contribution in [0.25, 0.3) is 0 Å². The van der Waals surface area contributed by atoms with Gasteiger partial charge in [-0.3, -0.25) is 0 Å². The lowest BCUT2D eigenvalue weighted by Gasteiger charge is -2.35. The molecule has 1 aromatic carbocycles. The number of aliphatic hydroxyl groups is 2. The predicted octanol–water partition coefficient (Wildman–Crippen LogP) is 1.01. The van der Waals surface area contributed by atoms with Crippen LogP contribution in [0.15, 0.2) is 43.0 Å². The van der Waals surface area contributed by atoms with E-state index in [4.69, 9.17) is 9.47 Å². The summed E-state index contributed by atoms with van der Waals surface area (Å²) < 4.78 is 10.9. The molecule has 1 fully saturated rings. The van der Waals surface area contributed by atoms with Crippen LogP contribution in [0.5, 0.6) is 0 Å². The molecule has 0 saturated carbocycles. The van der Waals surface area contributed by atoms with Gasteiger partial charge in [-0.15, -0.1) is 6.58 Å². The lowest BCUT2D eigenvalue weighted by Crippen LogP contribution is -2.46. The van der Waals surface area contributed by atoms with Crippen LogP contribution in [-0.2, 0) is 9.47 Å². The Bertz CT molecular complexity index is 365. The van der Waals surface area contributed by atoms with Crippen molar-refractivity contribution in [1.82, 2.24) is 0 Å². The number of ether oxygens (including phenoxy) is 2. The van der Waals surface area contributed by atoms with E-state index in [1.54, 1.807) is 0 Å². The van der Waals surface area contributed by atoms with Crippen molar-refractivity contribution in [3.8, 4) is 0 Å². The van der Waals surface area contributed by atoms with Gasteiger partial charge in [0, 0.05) is 5.56 Å². The van der Waals surface area contributed by atoms with E-state index in [-0.39, 0.29) is 6.61 Å². The minimum Gasteiger partial charge on any atom is -0.388 e. The number of hydrogen-bond acceptors (Lipinski definition) is 4. The molecule has 0 radical (unpaired) electrons. The zero-order valence-corrected chi connectivity index (χ0v) is 9.40. The Balaban J connectivity index is 2.10. The first-order valence-corrected chi connectivity index (χ1v) is 5.53. The Morgan fingerprint density at radius 1 is 1.35 bits per heavy atom. The van der Waals surface area contributed by atoms with Crippen molar-refractivity contribution >= 4 is 0 Å². The summed E-state index contributed by atoms with van der Waals surface area (Å²) in [6, 6.07) is 9.41. The Hall–Kier alpha value is -1.20. The number of rotatable bonds is 3. The summed E-state index contributed by atoms with van der Waals surface area (Å²) in [5.74, 6) is 0. The number of hydrogen-bond donors (Lipinski definition) is 2. The molecule has 1 aliphatic heterocycles. The van der Waals surface area contributed by atoms with Gasteiger partial charge in [0.05, 0.1) is 6.61 Å². The highest BCUT2D eigenvalue weighted by atomic mass is 16.7. The smallest absolute Gasteiger partial charge is 0.184 e. The highest BCUT2D eigenvalue weighted by Gasteiger charge is 2.34. The van der Waals surface area contributed by atoms with Crippen LogP contribution < -0.4 is 0 Å². The Morgan fingerprint density at radius 3 is 2.71 bits per heavy atom. The minimum atomic E-state index is -0.903. The Labute approximate surface area is 100 Å². The van der Waals surface area contributed by atoms with Gasteiger partial charge < -0.3 is 19.7 Å². The lowest BCUT2D eigenvalue weighted by atomic mass is 10.1. The average Bonchev–Trinajstić information content (AvgIpc) is 2.39. The molecule has 0 aromatic heterocycles. The van der Waals surface area contributed by atoms with Crippen molar-refractivity contribution in [2.24, 2.45) is 0 Å². The first kappa shape index (κ1) is 12.3. The van der Waals surface area contributed by atoms with Gasteiger partial charge >= 0.3 is 0 Å². The predicted molar refractivity (Wildman–Crippen MR) is 62.2 cm³/mol. The fourth-order valence-electron chi connectivity index (χ4n) is 1.78. The van der Waals surface area contributed by atoms with E-state index >= 15 is 0 Å². The summed E-state index contributed by atoms with van der Waals surface area (Å²) in [6.07, 6.45) is -1.66. The van der Waals surface area contributed by atoms with E-state index in [0.717, 1.165) is 5.56 Å². The summed E-state index contributed by atoms with van der Waals surface area (Å²) in [5, 5.41) is 19.3. The zero-order chi connectivity index (χ0) is 12.3. The van der Waals surface area contributed by atoms with Crippen molar-refractivity contribution in [1.29, 1.82) is 0 Å². The number of aliphatic hydroxyl groups excluding tert-OH is 2. The third kappa shape index (κ3) is 2.73. The molecule has 92 valence electrons. The van der Waals surface area contributed by atoms with E-state index in [2.05, 4.69) is 6.58 Å². The van der Waals surface area contributed by atoms with Gasteiger partial charge in [0.2, 0.25) is 0 Å². The maximum atomic E-state index is 9.68. The van der Waals surface area contributed by atoms with Gasteiger partial charge in [-0.05, 0) is 0 Å². The van der Waals surface area contributed by atoms with Gasteiger partial charge in [-0.1, -0.05) is 36.4 Å². The van der Waals surface area contributed by atoms with Crippen LogP contribution in [0.3, 0.4) is 0 Å². The Kier molecular flexibility index (Phi) is 3.91. The molecular formula is C13H16O4. The molecule has 0 bridgehead atoms. The fourth-order valence-corrected chi connectivity index (χ4v) is 1.78. The lowest BCUT2D eigenvalue weighted by molar-refractivity contribution is -0.270. The summed E-state index contributed by atoms with van der Waals surface area (Å²) in [7, 11) is 0. The van der Waals surface area contributed by atoms with Gasteiger partial charge in [0.25, 0.3) is 0 Å². The standard InChI is InChI=1S/C13H16O4/c1-2-10(14)12-11(15)8-16-13(17-12)9-6-4-3-5-7-9/h2-7,10-15H,1,8H2/t10-,11-,12-,13+/m1/s1. The van der Waals surface area contributed by atoms with Crippen LogP contribution in [0.4, 0.5) is 0 Å². The zero-order valence-electron chi connectivity index (χ0n) is 9.40. The van der Waals surface area contributed by atoms with Crippen molar-refractivity contribution in [3.05, 3.63) is 48.6 Å². The summed E-state index contributed by atoms with van der Waals surface area (Å²) in [5.41, 5.74) is 0.862. The maximum absolute atomic E-state index is 9.68. The molecule has 2 N–H and O–H groups in total. The molecule has 1 aliphatic rings. The summed E-state index contributed by atoms with van der Waals surface area (Å²) >= 11 is 0. The molecule has 2 rings (SSSR count). The van der Waals surface area contributed by atoms with E-state index < -0.39 is 24.6 Å². The Morgan fingerprint density at radius 2 is 2.06 bits per heavy atom. The van der Waals surface area contributed by atoms with E-state index in [9.17, 15) is 10.2 Å². The van der Waals surface area contributed by atoms with E-state index in [1.165, 1.54) is 6.08 Å². The summed E-state index contributed by atoms with van der Waals surface area (Å²) in [6.45, 7) is 3.62. The van der Waals surface area contributed by atoms with Gasteiger partial charge in [0.1, 0.15) is 18.3 Å². The minimum absolute atomic E-state index is 0.134. The normalized spacial score (nSPS) is 30.8. The van der Waals surface area contributed by atoms with Gasteiger partial charge in [-0.2, -0.15) is 0 Å². The van der Waals surface area contributed by atoms with Crippen LogP contribution in [0.2, 0.25) is 0 Å². The maximum Gasteiger partial charge on any atom is 0.184 e. The highest BCUT2D eigenvalue weighted by molar-refractivity contribution is 5.16. The molecule has 0 amide bonds. The molecule has 4 atom stereocenters. The van der Waals surface area contributed by atoms with Crippen LogP contribution in [0, 0.1) is 0 Å². The number of benzene rings is 1. The van der Waals surface area contributed by atoms with Crippen LogP contribution >= 0.6 is 0 Å². The molecular weight excluding hydrogens is 220 g/mol. The van der Waals surface area contributed by atoms with Gasteiger partial charge in [0.15, 0.2) is 6.29 Å². The first-order chi connectivity index (χ1) is 8.22. The third-order valence-electron chi connectivity index (χ3n) is 2.73. The topological polar surface area (TPSA) is 58.9 Å². The molecule has 17 heavy (non-hydrogen) atoms. The second kappa shape index (κ2) is 5.42. The molecule has 0 unspecified atom stereocenters. The van der Waals surface area contributed by atoms with Crippen LogP contribution in [0.1, 0.15) is 11.9 Å². The van der Waals surface area contributed by atoms with Crippen molar-refractivity contribution < 1.29 is 19.7 Å². The molecule has 4 heteroatoms. The van der Waals surface area contributed by atoms with E-state index in [0.29, 0.717) is 0 Å². The first-order valence-electron chi connectivity index (χ1n) is 5.53. The van der Waals surface area contributed by atoms with E-state index in [1.807, 2.05) is 30.3 Å². The molecule has 0 spiro atoms.